The lowest BCUT2D eigenvalue weighted by Gasteiger charge is -2.12. The van der Waals surface area contributed by atoms with Crippen molar-refractivity contribution in [3.63, 3.8) is 0 Å². The van der Waals surface area contributed by atoms with E-state index in [9.17, 15) is 4.79 Å². The molecule has 1 N–H and O–H groups in total. The van der Waals surface area contributed by atoms with Crippen LogP contribution in [0.5, 0.6) is 5.75 Å². The third-order valence-corrected chi connectivity index (χ3v) is 4.67. The predicted octanol–water partition coefficient (Wildman–Crippen LogP) is 4.34. The SMILES string of the molecule is CC(C)Oc1ccc2c(c1)C(c1ccnc(NC(=O)c3ccc(C#N)cc3)c1)=NC2. The van der Waals surface area contributed by atoms with Gasteiger partial charge in [0.15, 0.2) is 0 Å². The van der Waals surface area contributed by atoms with E-state index in [4.69, 9.17) is 10.00 Å². The lowest BCUT2D eigenvalue weighted by Crippen LogP contribution is -2.13. The predicted molar refractivity (Wildman–Crippen MR) is 115 cm³/mol. The Morgan fingerprint density at radius 1 is 1.13 bits per heavy atom. The standard InChI is InChI=1S/C24H20N4O2/c1-15(2)30-20-8-7-19-14-27-23(21(19)12-20)18-9-10-26-22(11-18)28-24(29)17-5-3-16(13-25)4-6-17/h3-12,15H,14H2,1-2H3,(H,26,28,29). The fourth-order valence-electron chi connectivity index (χ4n) is 3.29. The number of amides is 1. The van der Waals surface area contributed by atoms with Crippen LogP contribution in [0.4, 0.5) is 5.82 Å². The van der Waals surface area contributed by atoms with Crippen LogP contribution in [0, 0.1) is 11.3 Å². The fourth-order valence-corrected chi connectivity index (χ4v) is 3.29. The lowest BCUT2D eigenvalue weighted by atomic mass is 10.0. The summed E-state index contributed by atoms with van der Waals surface area (Å²) in [7, 11) is 0. The number of nitrogens with zero attached hydrogens (tertiary/aromatic N) is 3. The molecule has 0 saturated heterocycles. The van der Waals surface area contributed by atoms with Crippen molar-refractivity contribution >= 4 is 17.4 Å². The maximum atomic E-state index is 12.5. The monoisotopic (exact) mass is 396 g/mol. The van der Waals surface area contributed by atoms with Crippen LogP contribution in [0.2, 0.25) is 0 Å². The Morgan fingerprint density at radius 3 is 2.67 bits per heavy atom. The number of carbonyl (C=O) groups is 1. The van der Waals surface area contributed by atoms with Gasteiger partial charge < -0.3 is 10.1 Å². The first-order valence-electron chi connectivity index (χ1n) is 9.66. The van der Waals surface area contributed by atoms with Gasteiger partial charge in [0, 0.05) is 22.9 Å². The molecular formula is C24H20N4O2. The number of aromatic nitrogens is 1. The van der Waals surface area contributed by atoms with E-state index < -0.39 is 0 Å². The lowest BCUT2D eigenvalue weighted by molar-refractivity contribution is 0.102. The van der Waals surface area contributed by atoms with Gasteiger partial charge in [-0.15, -0.1) is 0 Å². The van der Waals surface area contributed by atoms with Gasteiger partial charge in [-0.2, -0.15) is 5.26 Å². The Balaban J connectivity index is 1.56. The first-order chi connectivity index (χ1) is 14.5. The highest BCUT2D eigenvalue weighted by molar-refractivity contribution is 6.16. The molecule has 0 aliphatic carbocycles. The second-order valence-corrected chi connectivity index (χ2v) is 7.22. The molecule has 0 radical (unpaired) electrons. The van der Waals surface area contributed by atoms with E-state index in [0.717, 1.165) is 28.2 Å². The molecule has 0 unspecified atom stereocenters. The van der Waals surface area contributed by atoms with Crippen LogP contribution in [0.1, 0.15) is 46.5 Å². The van der Waals surface area contributed by atoms with Gasteiger partial charge in [-0.05, 0) is 67.9 Å². The zero-order valence-corrected chi connectivity index (χ0v) is 16.7. The number of hydrogen-bond donors (Lipinski definition) is 1. The Hall–Kier alpha value is -3.98. The highest BCUT2D eigenvalue weighted by Gasteiger charge is 2.19. The van der Waals surface area contributed by atoms with Crippen molar-refractivity contribution in [3.05, 3.63) is 88.6 Å². The molecule has 1 aliphatic heterocycles. The van der Waals surface area contributed by atoms with Gasteiger partial charge in [-0.25, -0.2) is 4.98 Å². The zero-order valence-electron chi connectivity index (χ0n) is 16.7. The quantitative estimate of drug-likeness (QED) is 0.695. The van der Waals surface area contributed by atoms with Crippen molar-refractivity contribution < 1.29 is 9.53 Å². The van der Waals surface area contributed by atoms with Gasteiger partial charge in [0.1, 0.15) is 11.6 Å². The number of pyridine rings is 1. The van der Waals surface area contributed by atoms with Crippen molar-refractivity contribution in [2.75, 3.05) is 5.32 Å². The molecule has 0 saturated carbocycles. The molecule has 3 aromatic rings. The van der Waals surface area contributed by atoms with E-state index >= 15 is 0 Å². The van der Waals surface area contributed by atoms with Crippen LogP contribution in [0.15, 0.2) is 65.8 Å². The number of nitrogens with one attached hydrogen (secondary N) is 1. The average Bonchev–Trinajstić information content (AvgIpc) is 3.17. The summed E-state index contributed by atoms with van der Waals surface area (Å²) in [6.45, 7) is 4.60. The van der Waals surface area contributed by atoms with Gasteiger partial charge >= 0.3 is 0 Å². The summed E-state index contributed by atoms with van der Waals surface area (Å²) >= 11 is 0. The van der Waals surface area contributed by atoms with Crippen molar-refractivity contribution in [2.24, 2.45) is 4.99 Å². The minimum Gasteiger partial charge on any atom is -0.491 e. The molecule has 1 aromatic heterocycles. The molecule has 2 heterocycles. The Kier molecular flexibility index (Phi) is 5.27. The molecule has 0 spiro atoms. The van der Waals surface area contributed by atoms with Crippen LogP contribution in [0.3, 0.4) is 0 Å². The molecule has 0 bridgehead atoms. The number of carbonyl (C=O) groups excluding carboxylic acids is 1. The molecule has 6 nitrogen and oxygen atoms in total. The molecular weight excluding hydrogens is 376 g/mol. The van der Waals surface area contributed by atoms with E-state index in [-0.39, 0.29) is 12.0 Å². The molecule has 0 fully saturated rings. The highest BCUT2D eigenvalue weighted by Crippen LogP contribution is 2.28. The van der Waals surface area contributed by atoms with Crippen molar-refractivity contribution in [1.29, 1.82) is 5.26 Å². The minimum absolute atomic E-state index is 0.0924. The second kappa shape index (κ2) is 8.18. The number of aliphatic imine (C=N–C) groups is 1. The normalized spacial score (nSPS) is 12.1. The molecule has 4 rings (SSSR count). The molecule has 6 heteroatoms. The van der Waals surface area contributed by atoms with Gasteiger partial charge in [0.2, 0.25) is 0 Å². The van der Waals surface area contributed by atoms with Crippen molar-refractivity contribution in [3.8, 4) is 11.8 Å². The Bertz CT molecular complexity index is 1170. The highest BCUT2D eigenvalue weighted by atomic mass is 16.5. The first-order valence-corrected chi connectivity index (χ1v) is 9.66. The van der Waals surface area contributed by atoms with Crippen LogP contribution >= 0.6 is 0 Å². The van der Waals surface area contributed by atoms with Crippen molar-refractivity contribution in [2.45, 2.75) is 26.5 Å². The van der Waals surface area contributed by atoms with Gasteiger partial charge in [0.05, 0.1) is 30.0 Å². The van der Waals surface area contributed by atoms with E-state index in [1.807, 2.05) is 50.2 Å². The number of hydrogen-bond acceptors (Lipinski definition) is 5. The number of anilines is 1. The molecule has 148 valence electrons. The van der Waals surface area contributed by atoms with E-state index in [1.54, 1.807) is 30.5 Å². The largest absolute Gasteiger partial charge is 0.491 e. The van der Waals surface area contributed by atoms with Crippen LogP contribution in [0.25, 0.3) is 0 Å². The number of rotatable bonds is 5. The summed E-state index contributed by atoms with van der Waals surface area (Å²) in [4.78, 5) is 21.5. The summed E-state index contributed by atoms with van der Waals surface area (Å²) < 4.78 is 5.82. The summed E-state index contributed by atoms with van der Waals surface area (Å²) in [5.74, 6) is 0.958. The van der Waals surface area contributed by atoms with Crippen LogP contribution in [-0.2, 0) is 6.54 Å². The third-order valence-electron chi connectivity index (χ3n) is 4.67. The number of fused-ring (bicyclic) bond motifs is 1. The fraction of sp³-hybridized carbons (Fsp3) is 0.167. The molecule has 1 amide bonds. The van der Waals surface area contributed by atoms with E-state index in [0.29, 0.717) is 23.5 Å². The Morgan fingerprint density at radius 2 is 1.93 bits per heavy atom. The molecule has 0 atom stereocenters. The molecule has 2 aromatic carbocycles. The summed E-state index contributed by atoms with van der Waals surface area (Å²) in [6, 6.07) is 18.2. The van der Waals surface area contributed by atoms with E-state index in [1.165, 1.54) is 0 Å². The molecule has 1 aliphatic rings. The maximum absolute atomic E-state index is 12.5. The number of benzene rings is 2. The average molecular weight is 396 g/mol. The topological polar surface area (TPSA) is 87.4 Å². The zero-order chi connectivity index (χ0) is 21.1. The maximum Gasteiger partial charge on any atom is 0.256 e. The van der Waals surface area contributed by atoms with Gasteiger partial charge in [0.25, 0.3) is 5.91 Å². The Labute approximate surface area is 174 Å². The van der Waals surface area contributed by atoms with Gasteiger partial charge in [-0.1, -0.05) is 6.07 Å². The van der Waals surface area contributed by atoms with E-state index in [2.05, 4.69) is 15.3 Å². The second-order valence-electron chi connectivity index (χ2n) is 7.22. The van der Waals surface area contributed by atoms with Crippen LogP contribution in [-0.4, -0.2) is 22.7 Å². The van der Waals surface area contributed by atoms with Crippen LogP contribution < -0.4 is 10.1 Å². The smallest absolute Gasteiger partial charge is 0.256 e. The summed E-state index contributed by atoms with van der Waals surface area (Å²) in [5, 5.41) is 11.7. The number of ether oxygens (including phenoxy) is 1. The molecule has 30 heavy (non-hydrogen) atoms. The number of nitriles is 1. The summed E-state index contributed by atoms with van der Waals surface area (Å²) in [6.07, 6.45) is 1.74. The summed E-state index contributed by atoms with van der Waals surface area (Å²) in [5.41, 5.74) is 4.87. The van der Waals surface area contributed by atoms with Crippen molar-refractivity contribution in [1.82, 2.24) is 4.98 Å². The third kappa shape index (κ3) is 4.06. The minimum atomic E-state index is -0.287. The van der Waals surface area contributed by atoms with Gasteiger partial charge in [-0.3, -0.25) is 9.79 Å². The first kappa shape index (κ1) is 19.3.